The average Bonchev–Trinajstić information content (AvgIpc) is 3.56. The maximum atomic E-state index is 13.8. The molecule has 5 heterocycles. The Balaban J connectivity index is 1.32. The van der Waals surface area contributed by atoms with Gasteiger partial charge in [-0.15, -0.1) is 0 Å². The highest BCUT2D eigenvalue weighted by atomic mass is 19.1. The van der Waals surface area contributed by atoms with E-state index in [4.69, 9.17) is 9.52 Å². The number of rotatable bonds is 4. The van der Waals surface area contributed by atoms with E-state index in [-0.39, 0.29) is 17.8 Å². The molecule has 7 heteroatoms. The Morgan fingerprint density at radius 1 is 1.15 bits per heavy atom. The number of hydrogen-bond acceptors (Lipinski definition) is 4. The number of aromatic nitrogens is 2. The number of halogens is 1. The van der Waals surface area contributed by atoms with Crippen molar-refractivity contribution in [2.24, 2.45) is 5.92 Å². The number of amides is 1. The summed E-state index contributed by atoms with van der Waals surface area (Å²) < 4.78 is 21.1. The minimum atomic E-state index is -0.400. The van der Waals surface area contributed by atoms with Gasteiger partial charge in [-0.1, -0.05) is 0 Å². The van der Waals surface area contributed by atoms with E-state index in [2.05, 4.69) is 11.8 Å². The summed E-state index contributed by atoms with van der Waals surface area (Å²) >= 11 is 0. The van der Waals surface area contributed by atoms with Crippen molar-refractivity contribution in [3.8, 4) is 5.69 Å². The molecule has 0 aliphatic carbocycles. The van der Waals surface area contributed by atoms with Crippen molar-refractivity contribution in [1.29, 1.82) is 0 Å². The molecule has 0 N–H and O–H groups in total. The van der Waals surface area contributed by atoms with Crippen LogP contribution in [-0.4, -0.2) is 44.1 Å². The largest absolute Gasteiger partial charge is 0.464 e. The van der Waals surface area contributed by atoms with Gasteiger partial charge in [0.15, 0.2) is 0 Å². The van der Waals surface area contributed by atoms with Gasteiger partial charge in [0, 0.05) is 29.8 Å². The smallest absolute Gasteiger partial charge is 0.243 e. The molecule has 0 radical (unpaired) electrons. The third-order valence-corrected chi connectivity index (χ3v) is 8.02. The van der Waals surface area contributed by atoms with Crippen molar-refractivity contribution < 1.29 is 13.6 Å². The predicted octanol–water partition coefficient (Wildman–Crippen LogP) is 4.47. The first-order chi connectivity index (χ1) is 15.9. The third-order valence-electron chi connectivity index (χ3n) is 8.02. The standard InChI is InChI=1S/C26H29FN4O2/c1-16-5-10-22(33-16)15-29-14-19-13-23(30-12-4-11-26(19,30)25(29)32)24-17(2)28-31(18(24)3)21-8-6-20(27)7-9-21/h5-10,19,23H,4,11-15H2,1-3H3/t19-,23-,26-/m0/s1. The molecule has 3 aromatic rings. The van der Waals surface area contributed by atoms with Crippen molar-refractivity contribution in [3.63, 3.8) is 0 Å². The van der Waals surface area contributed by atoms with Gasteiger partial charge in [0.05, 0.1) is 17.9 Å². The number of benzene rings is 1. The zero-order valence-electron chi connectivity index (χ0n) is 19.3. The topological polar surface area (TPSA) is 54.5 Å². The lowest BCUT2D eigenvalue weighted by atomic mass is 9.85. The van der Waals surface area contributed by atoms with Crippen molar-refractivity contribution in [1.82, 2.24) is 19.6 Å². The number of nitrogens with zero attached hydrogens (tertiary/aromatic N) is 4. The van der Waals surface area contributed by atoms with E-state index in [9.17, 15) is 9.18 Å². The summed E-state index contributed by atoms with van der Waals surface area (Å²) in [5, 5.41) is 4.81. The molecule has 33 heavy (non-hydrogen) atoms. The van der Waals surface area contributed by atoms with E-state index in [1.54, 1.807) is 12.1 Å². The number of hydrogen-bond donors (Lipinski definition) is 0. The molecule has 3 saturated heterocycles. The summed E-state index contributed by atoms with van der Waals surface area (Å²) in [4.78, 5) is 18.3. The van der Waals surface area contributed by atoms with Gasteiger partial charge >= 0.3 is 0 Å². The molecule has 0 saturated carbocycles. The quantitative estimate of drug-likeness (QED) is 0.591. The molecule has 3 aliphatic rings. The van der Waals surface area contributed by atoms with Crippen molar-refractivity contribution in [3.05, 3.63) is 70.7 Å². The van der Waals surface area contributed by atoms with Crippen LogP contribution in [0.4, 0.5) is 4.39 Å². The molecule has 0 unspecified atom stereocenters. The lowest BCUT2D eigenvalue weighted by molar-refractivity contribution is -0.137. The second-order valence-corrected chi connectivity index (χ2v) is 9.84. The minimum absolute atomic E-state index is 0.184. The molecule has 1 aromatic carbocycles. The number of likely N-dealkylation sites (tertiary alicyclic amines) is 1. The molecular weight excluding hydrogens is 419 g/mol. The summed E-state index contributed by atoms with van der Waals surface area (Å²) in [7, 11) is 0. The maximum absolute atomic E-state index is 13.8. The fourth-order valence-corrected chi connectivity index (χ4v) is 6.72. The molecule has 6 rings (SSSR count). The maximum Gasteiger partial charge on any atom is 0.243 e. The van der Waals surface area contributed by atoms with Gasteiger partial charge in [0.1, 0.15) is 22.9 Å². The van der Waals surface area contributed by atoms with Crippen LogP contribution < -0.4 is 0 Å². The lowest BCUT2D eigenvalue weighted by Gasteiger charge is -2.33. The first-order valence-corrected chi connectivity index (χ1v) is 11.8. The zero-order chi connectivity index (χ0) is 22.9. The molecule has 1 amide bonds. The molecule has 3 atom stereocenters. The van der Waals surface area contributed by atoms with E-state index in [1.807, 2.05) is 35.6 Å². The number of carbonyl (C=O) groups is 1. The van der Waals surface area contributed by atoms with Crippen LogP contribution in [0, 0.1) is 32.5 Å². The molecule has 172 valence electrons. The van der Waals surface area contributed by atoms with Crippen LogP contribution in [0.2, 0.25) is 0 Å². The Morgan fingerprint density at radius 3 is 2.67 bits per heavy atom. The summed E-state index contributed by atoms with van der Waals surface area (Å²) in [5.41, 5.74) is 3.73. The number of carbonyl (C=O) groups excluding carboxylic acids is 1. The van der Waals surface area contributed by atoms with Crippen LogP contribution in [-0.2, 0) is 11.3 Å². The molecule has 2 aromatic heterocycles. The van der Waals surface area contributed by atoms with Gasteiger partial charge in [-0.2, -0.15) is 5.10 Å². The molecule has 3 aliphatic heterocycles. The van der Waals surface area contributed by atoms with Crippen LogP contribution in [0.15, 0.2) is 40.8 Å². The Kier molecular flexibility index (Phi) is 4.56. The number of aryl methyl sites for hydroxylation is 2. The van der Waals surface area contributed by atoms with E-state index < -0.39 is 5.54 Å². The zero-order valence-corrected chi connectivity index (χ0v) is 19.3. The van der Waals surface area contributed by atoms with Crippen molar-refractivity contribution >= 4 is 5.91 Å². The Hall–Kier alpha value is -2.93. The van der Waals surface area contributed by atoms with E-state index in [0.29, 0.717) is 12.5 Å². The molecule has 0 bridgehead atoms. The molecule has 1 spiro atoms. The van der Waals surface area contributed by atoms with Gasteiger partial charge in [0.2, 0.25) is 5.91 Å². The fraction of sp³-hybridized carbons (Fsp3) is 0.462. The van der Waals surface area contributed by atoms with E-state index in [0.717, 1.165) is 60.9 Å². The van der Waals surface area contributed by atoms with Crippen LogP contribution >= 0.6 is 0 Å². The van der Waals surface area contributed by atoms with E-state index in [1.165, 1.54) is 17.7 Å². The minimum Gasteiger partial charge on any atom is -0.464 e. The van der Waals surface area contributed by atoms with Crippen molar-refractivity contribution in [2.75, 3.05) is 13.1 Å². The monoisotopic (exact) mass is 448 g/mol. The predicted molar refractivity (Wildman–Crippen MR) is 121 cm³/mol. The third kappa shape index (κ3) is 2.94. The van der Waals surface area contributed by atoms with Crippen LogP contribution in [0.3, 0.4) is 0 Å². The highest BCUT2D eigenvalue weighted by molar-refractivity contribution is 5.90. The van der Waals surface area contributed by atoms with Gasteiger partial charge in [-0.3, -0.25) is 9.69 Å². The Bertz CT molecular complexity index is 1230. The van der Waals surface area contributed by atoms with Gasteiger partial charge in [-0.25, -0.2) is 9.07 Å². The van der Waals surface area contributed by atoms with E-state index >= 15 is 0 Å². The van der Waals surface area contributed by atoms with Crippen molar-refractivity contribution in [2.45, 2.75) is 58.2 Å². The fourth-order valence-electron chi connectivity index (χ4n) is 6.72. The van der Waals surface area contributed by atoms with Gasteiger partial charge in [0.25, 0.3) is 0 Å². The number of furan rings is 1. The molecular formula is C26H29FN4O2. The van der Waals surface area contributed by atoms with Gasteiger partial charge in [-0.05, 0) is 83.0 Å². The van der Waals surface area contributed by atoms with Crippen LogP contribution in [0.1, 0.15) is 53.8 Å². The summed E-state index contributed by atoms with van der Waals surface area (Å²) in [6.45, 7) is 8.32. The van der Waals surface area contributed by atoms with Crippen LogP contribution in [0.25, 0.3) is 5.69 Å². The second-order valence-electron chi connectivity index (χ2n) is 9.84. The van der Waals surface area contributed by atoms with Crippen LogP contribution in [0.5, 0.6) is 0 Å². The second kappa shape index (κ2) is 7.29. The normalized spacial score (nSPS) is 26.9. The average molecular weight is 449 g/mol. The van der Waals surface area contributed by atoms with Gasteiger partial charge < -0.3 is 9.32 Å². The Morgan fingerprint density at radius 2 is 1.94 bits per heavy atom. The highest BCUT2D eigenvalue weighted by Gasteiger charge is 2.65. The summed E-state index contributed by atoms with van der Waals surface area (Å²) in [5.74, 6) is 2.03. The molecule has 6 nitrogen and oxygen atoms in total. The molecule has 3 fully saturated rings. The first kappa shape index (κ1) is 20.7. The first-order valence-electron chi connectivity index (χ1n) is 11.8. The summed E-state index contributed by atoms with van der Waals surface area (Å²) in [6.07, 6.45) is 2.91. The lowest BCUT2D eigenvalue weighted by Crippen LogP contribution is -2.49. The summed E-state index contributed by atoms with van der Waals surface area (Å²) in [6, 6.07) is 10.6. The highest BCUT2D eigenvalue weighted by Crippen LogP contribution is 2.56. The Labute approximate surface area is 193 Å². The SMILES string of the molecule is Cc1ccc(CN2C[C@@H]3C[C@@H](c4c(C)nn(-c5ccc(F)cc5)c4C)N4CCC[C@@]34C2=O)o1.